The Balaban J connectivity index is 2.23. The van der Waals surface area contributed by atoms with E-state index >= 15 is 0 Å². The molecular formula is C13H19NO. The van der Waals surface area contributed by atoms with Crippen LogP contribution < -0.4 is 10.1 Å². The summed E-state index contributed by atoms with van der Waals surface area (Å²) in [5.41, 5.74) is 1.31. The fourth-order valence-electron chi connectivity index (χ4n) is 2.10. The highest BCUT2D eigenvalue weighted by Crippen LogP contribution is 2.43. The number of ether oxygens (including phenoxy) is 1. The maximum Gasteiger partial charge on any atom is 0.123 e. The van der Waals surface area contributed by atoms with Crippen molar-refractivity contribution in [1.82, 2.24) is 5.32 Å². The van der Waals surface area contributed by atoms with Gasteiger partial charge in [-0.3, -0.25) is 0 Å². The van der Waals surface area contributed by atoms with Gasteiger partial charge in [-0.05, 0) is 31.4 Å². The normalized spacial score (nSPS) is 17.5. The summed E-state index contributed by atoms with van der Waals surface area (Å²) in [6.07, 6.45) is 2.69. The first-order valence-corrected chi connectivity index (χ1v) is 5.73. The molecule has 0 aromatic heterocycles. The molecule has 0 aliphatic heterocycles. The largest absolute Gasteiger partial charge is 0.496 e. The van der Waals surface area contributed by atoms with Crippen LogP contribution in [0.2, 0.25) is 0 Å². The molecule has 1 N–H and O–H groups in total. The highest BCUT2D eigenvalue weighted by Gasteiger charge is 2.32. The standard InChI is InChI=1S/C13H19NO/c1-3-14-13(10-8-9-10)11-6-4-5-7-12(11)15-2/h4-7,10,13-14H,3,8-9H2,1-2H3. The first kappa shape index (κ1) is 10.5. The molecule has 82 valence electrons. The molecule has 0 amide bonds. The first-order valence-electron chi connectivity index (χ1n) is 5.73. The monoisotopic (exact) mass is 205 g/mol. The van der Waals surface area contributed by atoms with E-state index in [0.717, 1.165) is 18.2 Å². The molecule has 1 aliphatic carbocycles. The number of hydrogen-bond acceptors (Lipinski definition) is 2. The number of methoxy groups -OCH3 is 1. The SMILES string of the molecule is CCNC(c1ccccc1OC)C1CC1. The summed E-state index contributed by atoms with van der Waals surface area (Å²) < 4.78 is 5.41. The van der Waals surface area contributed by atoms with Crippen molar-refractivity contribution in [2.45, 2.75) is 25.8 Å². The van der Waals surface area contributed by atoms with E-state index < -0.39 is 0 Å². The van der Waals surface area contributed by atoms with Crippen molar-refractivity contribution in [2.24, 2.45) is 5.92 Å². The van der Waals surface area contributed by atoms with Crippen LogP contribution in [0.5, 0.6) is 5.75 Å². The minimum Gasteiger partial charge on any atom is -0.496 e. The zero-order valence-corrected chi connectivity index (χ0v) is 9.49. The van der Waals surface area contributed by atoms with Gasteiger partial charge in [-0.2, -0.15) is 0 Å². The van der Waals surface area contributed by atoms with E-state index in [-0.39, 0.29) is 0 Å². The fraction of sp³-hybridized carbons (Fsp3) is 0.538. The van der Waals surface area contributed by atoms with Gasteiger partial charge in [-0.15, -0.1) is 0 Å². The van der Waals surface area contributed by atoms with E-state index in [2.05, 4.69) is 24.4 Å². The average molecular weight is 205 g/mol. The Labute approximate surface area is 91.6 Å². The van der Waals surface area contributed by atoms with E-state index in [1.807, 2.05) is 12.1 Å². The molecule has 1 saturated carbocycles. The topological polar surface area (TPSA) is 21.3 Å². The van der Waals surface area contributed by atoms with Gasteiger partial charge < -0.3 is 10.1 Å². The predicted molar refractivity (Wildman–Crippen MR) is 62.1 cm³/mol. The van der Waals surface area contributed by atoms with Crippen LogP contribution in [0.4, 0.5) is 0 Å². The summed E-state index contributed by atoms with van der Waals surface area (Å²) in [4.78, 5) is 0. The summed E-state index contributed by atoms with van der Waals surface area (Å²) in [6.45, 7) is 3.17. The van der Waals surface area contributed by atoms with Gasteiger partial charge in [0.15, 0.2) is 0 Å². The lowest BCUT2D eigenvalue weighted by Crippen LogP contribution is -2.23. The smallest absolute Gasteiger partial charge is 0.123 e. The van der Waals surface area contributed by atoms with Gasteiger partial charge in [-0.25, -0.2) is 0 Å². The quantitative estimate of drug-likeness (QED) is 0.798. The van der Waals surface area contributed by atoms with Gasteiger partial charge in [0, 0.05) is 11.6 Å². The van der Waals surface area contributed by atoms with Crippen molar-refractivity contribution >= 4 is 0 Å². The Kier molecular flexibility index (Phi) is 3.27. The molecule has 0 heterocycles. The maximum atomic E-state index is 5.41. The number of benzene rings is 1. The lowest BCUT2D eigenvalue weighted by atomic mass is 10.0. The van der Waals surface area contributed by atoms with Crippen molar-refractivity contribution in [1.29, 1.82) is 0 Å². The Morgan fingerprint density at radius 1 is 1.40 bits per heavy atom. The molecular weight excluding hydrogens is 186 g/mol. The summed E-state index contributed by atoms with van der Waals surface area (Å²) in [6, 6.07) is 8.81. The zero-order chi connectivity index (χ0) is 10.7. The summed E-state index contributed by atoms with van der Waals surface area (Å²) in [7, 11) is 1.74. The van der Waals surface area contributed by atoms with Crippen molar-refractivity contribution < 1.29 is 4.74 Å². The molecule has 0 saturated heterocycles. The minimum absolute atomic E-state index is 0.478. The van der Waals surface area contributed by atoms with E-state index in [9.17, 15) is 0 Å². The van der Waals surface area contributed by atoms with Crippen LogP contribution in [-0.4, -0.2) is 13.7 Å². The molecule has 15 heavy (non-hydrogen) atoms. The van der Waals surface area contributed by atoms with E-state index in [0.29, 0.717) is 6.04 Å². The summed E-state index contributed by atoms with van der Waals surface area (Å²) in [5, 5.41) is 3.56. The number of hydrogen-bond donors (Lipinski definition) is 1. The molecule has 1 aromatic carbocycles. The number of nitrogens with one attached hydrogen (secondary N) is 1. The van der Waals surface area contributed by atoms with Gasteiger partial charge in [0.2, 0.25) is 0 Å². The van der Waals surface area contributed by atoms with Gasteiger partial charge >= 0.3 is 0 Å². The molecule has 0 bridgehead atoms. The van der Waals surface area contributed by atoms with Crippen LogP contribution in [0.3, 0.4) is 0 Å². The number of rotatable bonds is 5. The third kappa shape index (κ3) is 2.32. The molecule has 1 atom stereocenters. The minimum atomic E-state index is 0.478. The third-order valence-electron chi connectivity index (χ3n) is 2.99. The van der Waals surface area contributed by atoms with Crippen LogP contribution in [0.25, 0.3) is 0 Å². The van der Waals surface area contributed by atoms with Crippen molar-refractivity contribution in [3.63, 3.8) is 0 Å². The average Bonchev–Trinajstić information content (AvgIpc) is 3.10. The Morgan fingerprint density at radius 3 is 2.73 bits per heavy atom. The van der Waals surface area contributed by atoms with E-state index in [1.165, 1.54) is 18.4 Å². The second kappa shape index (κ2) is 4.67. The Morgan fingerprint density at radius 2 is 2.13 bits per heavy atom. The van der Waals surface area contributed by atoms with E-state index in [1.54, 1.807) is 7.11 Å². The zero-order valence-electron chi connectivity index (χ0n) is 9.49. The van der Waals surface area contributed by atoms with Gasteiger partial charge in [0.1, 0.15) is 5.75 Å². The van der Waals surface area contributed by atoms with Crippen LogP contribution in [-0.2, 0) is 0 Å². The maximum absolute atomic E-state index is 5.41. The molecule has 2 rings (SSSR count). The molecule has 1 aliphatic rings. The predicted octanol–water partition coefficient (Wildman–Crippen LogP) is 2.76. The second-order valence-electron chi connectivity index (χ2n) is 4.11. The van der Waals surface area contributed by atoms with Gasteiger partial charge in [-0.1, -0.05) is 25.1 Å². The number of para-hydroxylation sites is 1. The Hall–Kier alpha value is -1.02. The molecule has 0 spiro atoms. The molecule has 0 radical (unpaired) electrons. The highest BCUT2D eigenvalue weighted by atomic mass is 16.5. The molecule has 1 fully saturated rings. The van der Waals surface area contributed by atoms with Crippen LogP contribution >= 0.6 is 0 Å². The Bertz CT molecular complexity index is 320. The van der Waals surface area contributed by atoms with E-state index in [4.69, 9.17) is 4.74 Å². The lowest BCUT2D eigenvalue weighted by Gasteiger charge is -2.20. The summed E-state index contributed by atoms with van der Waals surface area (Å²) >= 11 is 0. The van der Waals surface area contributed by atoms with Crippen LogP contribution in [0, 0.1) is 5.92 Å². The van der Waals surface area contributed by atoms with Gasteiger partial charge in [0.05, 0.1) is 7.11 Å². The lowest BCUT2D eigenvalue weighted by molar-refractivity contribution is 0.393. The summed E-state index contributed by atoms with van der Waals surface area (Å²) in [5.74, 6) is 1.82. The molecule has 2 nitrogen and oxygen atoms in total. The van der Waals surface area contributed by atoms with Crippen LogP contribution in [0.15, 0.2) is 24.3 Å². The second-order valence-corrected chi connectivity index (χ2v) is 4.11. The highest BCUT2D eigenvalue weighted by molar-refractivity contribution is 5.36. The van der Waals surface area contributed by atoms with Gasteiger partial charge in [0.25, 0.3) is 0 Å². The van der Waals surface area contributed by atoms with Crippen LogP contribution in [0.1, 0.15) is 31.4 Å². The molecule has 1 unspecified atom stereocenters. The third-order valence-corrected chi connectivity index (χ3v) is 2.99. The first-order chi connectivity index (χ1) is 7.36. The molecule has 1 aromatic rings. The molecule has 2 heteroatoms. The van der Waals surface area contributed by atoms with Crippen molar-refractivity contribution in [3.8, 4) is 5.75 Å². The fourth-order valence-corrected chi connectivity index (χ4v) is 2.10. The van der Waals surface area contributed by atoms with Crippen molar-refractivity contribution in [3.05, 3.63) is 29.8 Å². The van der Waals surface area contributed by atoms with Crippen molar-refractivity contribution in [2.75, 3.05) is 13.7 Å².